The van der Waals surface area contributed by atoms with Crippen molar-refractivity contribution in [3.63, 3.8) is 0 Å². The number of Topliss-reactive ketones (excluding diaryl/α,β-unsaturated/α-hetero) is 1. The number of carbonyl (C=O) groups excluding carboxylic acids is 1. The molecule has 0 saturated carbocycles. The number of hydrogen-bond acceptors (Lipinski definition) is 3. The maximum atomic E-state index is 13.3. The van der Waals surface area contributed by atoms with Gasteiger partial charge in [-0.3, -0.25) is 4.79 Å². The van der Waals surface area contributed by atoms with Crippen molar-refractivity contribution in [2.24, 2.45) is 0 Å². The number of rotatable bonds is 2. The van der Waals surface area contributed by atoms with E-state index in [0.29, 0.717) is 28.3 Å². The van der Waals surface area contributed by atoms with Crippen LogP contribution >= 0.6 is 11.6 Å². The van der Waals surface area contributed by atoms with E-state index in [0.717, 1.165) is 16.7 Å². The van der Waals surface area contributed by atoms with E-state index in [2.05, 4.69) is 0 Å². The summed E-state index contributed by atoms with van der Waals surface area (Å²) in [5, 5.41) is 9.68. The van der Waals surface area contributed by atoms with Crippen molar-refractivity contribution >= 4 is 23.4 Å². The third kappa shape index (κ3) is 2.13. The number of carboxylic acid groups (broad SMARTS) is 1. The molecule has 2 aromatic carbocycles. The molecule has 1 aliphatic carbocycles. The molecule has 2 unspecified atom stereocenters. The molecule has 25 heavy (non-hydrogen) atoms. The van der Waals surface area contributed by atoms with Crippen LogP contribution in [0.3, 0.4) is 0 Å². The summed E-state index contributed by atoms with van der Waals surface area (Å²) in [6.07, 6.45) is -0.151. The predicted octanol–water partition coefficient (Wildman–Crippen LogP) is 3.73. The Hall–Kier alpha value is -2.33. The lowest BCUT2D eigenvalue weighted by atomic mass is 9.79. The van der Waals surface area contributed by atoms with Crippen molar-refractivity contribution in [2.45, 2.75) is 38.2 Å². The molecule has 1 N–H and O–H groups in total. The lowest BCUT2D eigenvalue weighted by Crippen LogP contribution is -2.29. The zero-order chi connectivity index (χ0) is 17.9. The van der Waals surface area contributed by atoms with Gasteiger partial charge in [0.05, 0.1) is 10.4 Å². The molecule has 0 aromatic heterocycles. The second-order valence-electron chi connectivity index (χ2n) is 6.95. The largest absolute Gasteiger partial charge is 0.478 e. The van der Waals surface area contributed by atoms with E-state index in [1.165, 1.54) is 0 Å². The van der Waals surface area contributed by atoms with Crippen LogP contribution in [-0.4, -0.2) is 23.0 Å². The maximum absolute atomic E-state index is 13.3. The summed E-state index contributed by atoms with van der Waals surface area (Å²) in [5.41, 5.74) is 3.06. The van der Waals surface area contributed by atoms with E-state index in [1.54, 1.807) is 6.92 Å². The number of ketones is 1. The predicted molar refractivity (Wildman–Crippen MR) is 93.8 cm³/mol. The second kappa shape index (κ2) is 5.33. The molecule has 1 aliphatic heterocycles. The molecule has 0 bridgehead atoms. The average molecular weight is 357 g/mol. The highest BCUT2D eigenvalue weighted by Crippen LogP contribution is 2.50. The highest BCUT2D eigenvalue weighted by molar-refractivity contribution is 6.36. The second-order valence-corrected chi connectivity index (χ2v) is 7.33. The van der Waals surface area contributed by atoms with Crippen LogP contribution in [0.25, 0.3) is 0 Å². The number of hydrogen-bond donors (Lipinski definition) is 1. The zero-order valence-corrected chi connectivity index (χ0v) is 14.7. The molecule has 0 spiro atoms. The lowest BCUT2D eigenvalue weighted by molar-refractivity contribution is -0.144. The molecule has 2 atom stereocenters. The Morgan fingerprint density at radius 2 is 1.96 bits per heavy atom. The van der Waals surface area contributed by atoms with E-state index in [4.69, 9.17) is 16.3 Å². The van der Waals surface area contributed by atoms with Gasteiger partial charge >= 0.3 is 5.97 Å². The summed E-state index contributed by atoms with van der Waals surface area (Å²) in [5.74, 6) is -0.486. The number of ether oxygens (including phenoxy) is 1. The molecule has 5 heteroatoms. The quantitative estimate of drug-likeness (QED) is 0.890. The molecule has 4 nitrogen and oxygen atoms in total. The maximum Gasteiger partial charge on any atom is 0.345 e. The fourth-order valence-electron chi connectivity index (χ4n) is 4.00. The van der Waals surface area contributed by atoms with Gasteiger partial charge in [0.25, 0.3) is 0 Å². The number of benzene rings is 2. The van der Waals surface area contributed by atoms with Crippen LogP contribution in [0.2, 0.25) is 5.02 Å². The van der Waals surface area contributed by atoms with Crippen molar-refractivity contribution in [3.8, 4) is 5.75 Å². The summed E-state index contributed by atoms with van der Waals surface area (Å²) in [6, 6.07) is 9.64. The Bertz CT molecular complexity index is 919. The minimum absolute atomic E-state index is 0.0108. The Labute approximate surface area is 150 Å². The van der Waals surface area contributed by atoms with Gasteiger partial charge in [0.15, 0.2) is 11.9 Å². The molecule has 4 rings (SSSR count). The van der Waals surface area contributed by atoms with Gasteiger partial charge in [0.2, 0.25) is 0 Å². The van der Waals surface area contributed by atoms with Crippen LogP contribution in [0.4, 0.5) is 0 Å². The molecular formula is C20H17ClO4. The van der Waals surface area contributed by atoms with Gasteiger partial charge in [0, 0.05) is 23.1 Å². The van der Waals surface area contributed by atoms with E-state index < -0.39 is 17.5 Å². The van der Waals surface area contributed by atoms with Gasteiger partial charge in [-0.15, -0.1) is 0 Å². The first-order valence-electron chi connectivity index (χ1n) is 8.18. The summed E-state index contributed by atoms with van der Waals surface area (Å²) < 4.78 is 5.62. The van der Waals surface area contributed by atoms with Gasteiger partial charge in [-0.1, -0.05) is 41.9 Å². The van der Waals surface area contributed by atoms with Gasteiger partial charge in [-0.2, -0.15) is 0 Å². The first-order valence-corrected chi connectivity index (χ1v) is 8.56. The van der Waals surface area contributed by atoms with Gasteiger partial charge in [0.1, 0.15) is 5.75 Å². The summed E-state index contributed by atoms with van der Waals surface area (Å²) in [6.45, 7) is 3.70. The number of carboxylic acids is 1. The van der Waals surface area contributed by atoms with Crippen molar-refractivity contribution in [2.75, 3.05) is 0 Å². The number of halogens is 1. The SMILES string of the molecule is Cc1c(Cl)c2c(c3c1OC(C(=O)O)C3)CC(C)(c1ccccc1)C2=O. The summed E-state index contributed by atoms with van der Waals surface area (Å²) in [4.78, 5) is 24.6. The van der Waals surface area contributed by atoms with Crippen molar-refractivity contribution in [3.05, 3.63) is 63.2 Å². The van der Waals surface area contributed by atoms with E-state index in [9.17, 15) is 14.7 Å². The first-order chi connectivity index (χ1) is 11.8. The molecular weight excluding hydrogens is 340 g/mol. The Morgan fingerprint density at radius 1 is 1.28 bits per heavy atom. The van der Waals surface area contributed by atoms with Gasteiger partial charge in [-0.25, -0.2) is 4.79 Å². The van der Waals surface area contributed by atoms with Crippen LogP contribution in [0.15, 0.2) is 30.3 Å². The van der Waals surface area contributed by atoms with Crippen LogP contribution in [0.1, 0.15) is 39.5 Å². The molecule has 1 heterocycles. The minimum atomic E-state index is -1.00. The third-order valence-corrected chi connectivity index (χ3v) is 5.90. The van der Waals surface area contributed by atoms with Gasteiger partial charge < -0.3 is 9.84 Å². The van der Waals surface area contributed by atoms with Crippen molar-refractivity contribution < 1.29 is 19.4 Å². The van der Waals surface area contributed by atoms with Gasteiger partial charge in [-0.05, 0) is 31.4 Å². The van der Waals surface area contributed by atoms with E-state index >= 15 is 0 Å². The molecule has 2 aliphatic rings. The number of aliphatic carboxylic acids is 1. The molecule has 0 fully saturated rings. The Kier molecular flexibility index (Phi) is 3.45. The van der Waals surface area contributed by atoms with Crippen LogP contribution < -0.4 is 4.74 Å². The average Bonchev–Trinajstić information content (AvgIpc) is 3.15. The summed E-state index contributed by atoms with van der Waals surface area (Å²) >= 11 is 6.51. The van der Waals surface area contributed by atoms with Crippen LogP contribution in [-0.2, 0) is 23.1 Å². The normalized spacial score (nSPS) is 24.0. The Balaban J connectivity index is 1.90. The van der Waals surface area contributed by atoms with Crippen molar-refractivity contribution in [1.29, 1.82) is 0 Å². The first kappa shape index (κ1) is 16.2. The summed E-state index contributed by atoms with van der Waals surface area (Å²) in [7, 11) is 0. The molecule has 0 amide bonds. The van der Waals surface area contributed by atoms with E-state index in [-0.39, 0.29) is 12.2 Å². The fourth-order valence-corrected chi connectivity index (χ4v) is 4.28. The molecule has 2 aromatic rings. The molecule has 0 saturated heterocycles. The standard InChI is InChI=1S/C20H17ClO4/c1-10-16(21)15-13(12-8-14(19(23)24)25-17(10)12)9-20(2,18(15)22)11-6-4-3-5-7-11/h3-7,14H,8-9H2,1-2H3,(H,23,24). The number of carbonyl (C=O) groups is 2. The molecule has 128 valence electrons. The lowest BCUT2D eigenvalue weighted by Gasteiger charge is -2.22. The number of fused-ring (bicyclic) bond motifs is 3. The monoisotopic (exact) mass is 356 g/mol. The topological polar surface area (TPSA) is 63.6 Å². The van der Waals surface area contributed by atoms with Crippen LogP contribution in [0.5, 0.6) is 5.75 Å². The highest BCUT2D eigenvalue weighted by atomic mass is 35.5. The smallest absolute Gasteiger partial charge is 0.345 e. The molecule has 0 radical (unpaired) electrons. The third-order valence-electron chi connectivity index (χ3n) is 5.42. The Morgan fingerprint density at radius 3 is 2.60 bits per heavy atom. The highest BCUT2D eigenvalue weighted by Gasteiger charge is 2.48. The fraction of sp³-hybridized carbons (Fsp3) is 0.300. The zero-order valence-electron chi connectivity index (χ0n) is 13.9. The van der Waals surface area contributed by atoms with Crippen LogP contribution in [0, 0.1) is 6.92 Å². The van der Waals surface area contributed by atoms with Crippen molar-refractivity contribution in [1.82, 2.24) is 0 Å². The minimum Gasteiger partial charge on any atom is -0.478 e. The van der Waals surface area contributed by atoms with E-state index in [1.807, 2.05) is 37.3 Å².